The van der Waals surface area contributed by atoms with Gasteiger partial charge in [-0.25, -0.2) is 13.6 Å². The third-order valence-electron chi connectivity index (χ3n) is 9.99. The molecule has 0 spiro atoms. The van der Waals surface area contributed by atoms with Crippen molar-refractivity contribution in [1.82, 2.24) is 20.1 Å². The van der Waals surface area contributed by atoms with Crippen LogP contribution >= 0.6 is 0 Å². The minimum atomic E-state index is -1.14. The molecular weight excluding hydrogens is 698 g/mol. The van der Waals surface area contributed by atoms with Crippen LogP contribution in [-0.2, 0) is 25.7 Å². The number of halogens is 2. The van der Waals surface area contributed by atoms with E-state index in [-0.39, 0.29) is 24.9 Å². The zero-order chi connectivity index (χ0) is 39.6. The highest BCUT2D eigenvalue weighted by Crippen LogP contribution is 2.41. The second-order valence-corrected chi connectivity index (χ2v) is 15.1. The number of unbranched alkanes of at least 4 members (excludes halogenated alkanes) is 1. The van der Waals surface area contributed by atoms with Gasteiger partial charge in [0, 0.05) is 42.1 Å². The molecule has 294 valence electrons. The number of nitrogens with one attached hydrogen (secondary N) is 2. The highest BCUT2D eigenvalue weighted by molar-refractivity contribution is 5.87. The van der Waals surface area contributed by atoms with Crippen molar-refractivity contribution in [3.05, 3.63) is 83.7 Å². The van der Waals surface area contributed by atoms with Gasteiger partial charge in [-0.3, -0.25) is 14.4 Å². The molecule has 0 unspecified atom stereocenters. The van der Waals surface area contributed by atoms with Crippen LogP contribution in [0.3, 0.4) is 0 Å². The third-order valence-corrected chi connectivity index (χ3v) is 9.99. The summed E-state index contributed by atoms with van der Waals surface area (Å²) in [6.45, 7) is 5.67. The maximum Gasteiger partial charge on any atom is 0.326 e. The van der Waals surface area contributed by atoms with Crippen LogP contribution in [0.15, 0.2) is 60.8 Å². The summed E-state index contributed by atoms with van der Waals surface area (Å²) in [6, 6.07) is 11.0. The van der Waals surface area contributed by atoms with Crippen molar-refractivity contribution in [3.63, 3.8) is 0 Å². The first-order chi connectivity index (χ1) is 25.6. The SMILES string of the molecule is CC(C)(C)[C@H](c1cc(-c2cc(F)ccc2F)cn1Cc1ccccc1)N(CC[C@H](N)C(=O)N[C@H]1CCC[C@H]1C(=O)N[C@@H](CCCCN)C(=O)O)C(=O)CO. The Kier molecular flexibility index (Phi) is 14.9. The number of amides is 3. The van der Waals surface area contributed by atoms with E-state index in [1.807, 2.05) is 55.7 Å². The summed E-state index contributed by atoms with van der Waals surface area (Å²) in [5.74, 6) is -4.58. The maximum atomic E-state index is 15.1. The molecule has 1 aliphatic carbocycles. The summed E-state index contributed by atoms with van der Waals surface area (Å²) in [6.07, 6.45) is 4.77. The predicted octanol–water partition coefficient (Wildman–Crippen LogP) is 4.09. The van der Waals surface area contributed by atoms with Gasteiger partial charge in [0.15, 0.2) is 0 Å². The lowest BCUT2D eigenvalue weighted by Gasteiger charge is -2.41. The fourth-order valence-corrected chi connectivity index (χ4v) is 7.28. The Bertz CT molecular complexity index is 1750. The quantitative estimate of drug-likeness (QED) is 0.105. The van der Waals surface area contributed by atoms with Gasteiger partial charge in [-0.1, -0.05) is 57.5 Å². The number of carbonyl (C=O) groups excluding carboxylic acids is 3. The Morgan fingerprint density at radius 2 is 1.74 bits per heavy atom. The van der Waals surface area contributed by atoms with Crippen molar-refractivity contribution in [2.75, 3.05) is 19.7 Å². The number of aromatic nitrogens is 1. The van der Waals surface area contributed by atoms with Gasteiger partial charge in [-0.2, -0.15) is 0 Å². The molecule has 0 radical (unpaired) electrons. The first kappa shape index (κ1) is 42.1. The normalized spacial score (nSPS) is 17.4. The van der Waals surface area contributed by atoms with Crippen molar-refractivity contribution >= 4 is 23.7 Å². The number of hydrogen-bond donors (Lipinski definition) is 6. The van der Waals surface area contributed by atoms with Gasteiger partial charge in [0.1, 0.15) is 24.3 Å². The number of aliphatic hydroxyl groups is 1. The number of nitrogens with zero attached hydrogens (tertiary/aromatic N) is 2. The summed E-state index contributed by atoms with van der Waals surface area (Å²) >= 11 is 0. The zero-order valence-electron chi connectivity index (χ0n) is 31.3. The molecule has 5 atom stereocenters. The number of aliphatic hydroxyl groups excluding tert-OH is 1. The molecule has 0 bridgehead atoms. The number of carboxylic acids is 1. The van der Waals surface area contributed by atoms with E-state index in [0.29, 0.717) is 56.5 Å². The summed E-state index contributed by atoms with van der Waals surface area (Å²) in [4.78, 5) is 53.4. The lowest BCUT2D eigenvalue weighted by Crippen LogP contribution is -2.52. The van der Waals surface area contributed by atoms with Crippen LogP contribution in [0, 0.1) is 23.0 Å². The molecule has 1 heterocycles. The number of carbonyl (C=O) groups is 4. The molecule has 8 N–H and O–H groups in total. The van der Waals surface area contributed by atoms with Crippen LogP contribution < -0.4 is 22.1 Å². The Hall–Kier alpha value is -4.66. The number of hydrogen-bond acceptors (Lipinski definition) is 7. The van der Waals surface area contributed by atoms with Gasteiger partial charge < -0.3 is 41.8 Å². The fourth-order valence-electron chi connectivity index (χ4n) is 7.28. The number of carboxylic acid groups (broad SMARTS) is 1. The van der Waals surface area contributed by atoms with Gasteiger partial charge >= 0.3 is 5.97 Å². The largest absolute Gasteiger partial charge is 0.480 e. The van der Waals surface area contributed by atoms with Crippen LogP contribution in [0.1, 0.15) is 83.0 Å². The predicted molar refractivity (Wildman–Crippen MR) is 201 cm³/mol. The van der Waals surface area contributed by atoms with Crippen molar-refractivity contribution in [3.8, 4) is 11.1 Å². The van der Waals surface area contributed by atoms with E-state index in [9.17, 15) is 33.8 Å². The van der Waals surface area contributed by atoms with Crippen LogP contribution in [0.2, 0.25) is 0 Å². The standard InChI is InChI=1S/C40H54F2N6O6/c1-40(2,3)36(34-20-26(29-21-27(41)15-16-30(29)42)23-47(34)22-25-10-5-4-6-11-25)48(35(50)24-49)19-17-31(44)38(52)45-32-14-9-12-28(32)37(51)46-33(39(53)54)13-7-8-18-43/h4-6,10-11,15-16,20-21,23,28,31-33,36,49H,7-9,12-14,17-19,22,24,43-44H2,1-3H3,(H,45,52)(H,46,51)(H,53,54)/t28-,31+,32+,33+,36+/m1/s1. The Labute approximate surface area is 315 Å². The molecule has 3 amide bonds. The van der Waals surface area contributed by atoms with Crippen LogP contribution in [0.25, 0.3) is 11.1 Å². The average molecular weight is 753 g/mol. The van der Waals surface area contributed by atoms with E-state index in [4.69, 9.17) is 11.5 Å². The topological polar surface area (TPSA) is 193 Å². The highest BCUT2D eigenvalue weighted by atomic mass is 19.1. The molecule has 1 aliphatic rings. The highest BCUT2D eigenvalue weighted by Gasteiger charge is 2.39. The molecule has 2 aromatic carbocycles. The first-order valence-corrected chi connectivity index (χ1v) is 18.5. The van der Waals surface area contributed by atoms with Gasteiger partial charge in [-0.05, 0) is 80.3 Å². The summed E-state index contributed by atoms with van der Waals surface area (Å²) in [5, 5.41) is 25.3. The molecule has 0 saturated heterocycles. The summed E-state index contributed by atoms with van der Waals surface area (Å²) in [5.41, 5.74) is 13.3. The fraction of sp³-hybridized carbons (Fsp3) is 0.500. The minimum absolute atomic E-state index is 0.000737. The molecular formula is C40H54F2N6O6. The molecule has 0 aliphatic heterocycles. The molecule has 3 aromatic rings. The van der Waals surface area contributed by atoms with Crippen molar-refractivity contribution in [2.45, 2.75) is 96.4 Å². The van der Waals surface area contributed by atoms with Crippen molar-refractivity contribution < 1.29 is 38.2 Å². The molecule has 1 saturated carbocycles. The van der Waals surface area contributed by atoms with Gasteiger partial charge in [0.05, 0.1) is 18.0 Å². The molecule has 1 fully saturated rings. The summed E-state index contributed by atoms with van der Waals surface area (Å²) in [7, 11) is 0. The number of nitrogens with two attached hydrogens (primary N) is 2. The first-order valence-electron chi connectivity index (χ1n) is 18.5. The molecule has 14 heteroatoms. The molecule has 54 heavy (non-hydrogen) atoms. The second-order valence-electron chi connectivity index (χ2n) is 15.1. The van der Waals surface area contributed by atoms with Gasteiger partial charge in [0.25, 0.3) is 0 Å². The van der Waals surface area contributed by atoms with E-state index in [2.05, 4.69) is 10.6 Å². The number of aliphatic carboxylic acids is 1. The third kappa shape index (κ3) is 11.0. The second kappa shape index (κ2) is 19.1. The molecule has 1 aromatic heterocycles. The van der Waals surface area contributed by atoms with E-state index >= 15 is 4.39 Å². The Morgan fingerprint density at radius 1 is 1.02 bits per heavy atom. The van der Waals surface area contributed by atoms with Crippen LogP contribution in [-0.4, -0.2) is 81.2 Å². The van der Waals surface area contributed by atoms with Crippen LogP contribution in [0.4, 0.5) is 8.78 Å². The van der Waals surface area contributed by atoms with E-state index in [1.54, 1.807) is 12.3 Å². The lowest BCUT2D eigenvalue weighted by molar-refractivity contribution is -0.143. The van der Waals surface area contributed by atoms with Crippen molar-refractivity contribution in [1.29, 1.82) is 0 Å². The Balaban J connectivity index is 1.56. The van der Waals surface area contributed by atoms with Crippen molar-refractivity contribution in [2.24, 2.45) is 22.8 Å². The smallest absolute Gasteiger partial charge is 0.326 e. The Morgan fingerprint density at radius 3 is 2.39 bits per heavy atom. The van der Waals surface area contributed by atoms with E-state index in [1.165, 1.54) is 4.90 Å². The van der Waals surface area contributed by atoms with Gasteiger partial charge in [-0.15, -0.1) is 0 Å². The van der Waals surface area contributed by atoms with E-state index < -0.39 is 77.4 Å². The average Bonchev–Trinajstić information content (AvgIpc) is 3.76. The molecule has 4 rings (SSSR count). The zero-order valence-corrected chi connectivity index (χ0v) is 31.3. The molecule has 12 nitrogen and oxygen atoms in total. The monoisotopic (exact) mass is 752 g/mol. The number of benzene rings is 2. The van der Waals surface area contributed by atoms with Crippen LogP contribution in [0.5, 0.6) is 0 Å². The maximum absolute atomic E-state index is 15.1. The van der Waals surface area contributed by atoms with Gasteiger partial charge in [0.2, 0.25) is 17.7 Å². The van der Waals surface area contributed by atoms with E-state index in [0.717, 1.165) is 23.8 Å². The number of rotatable bonds is 18. The minimum Gasteiger partial charge on any atom is -0.480 e. The lowest BCUT2D eigenvalue weighted by atomic mass is 9.82. The summed E-state index contributed by atoms with van der Waals surface area (Å²) < 4.78 is 31.3.